The van der Waals surface area contributed by atoms with Crippen LogP contribution < -0.4 is 9.62 Å². The van der Waals surface area contributed by atoms with E-state index in [-0.39, 0.29) is 10.6 Å². The zero-order chi connectivity index (χ0) is 25.4. The summed E-state index contributed by atoms with van der Waals surface area (Å²) in [7, 11) is -7.57. The average Bonchev–Trinajstić information content (AvgIpc) is 2.66. The Labute approximate surface area is 195 Å². The zero-order valence-electron chi connectivity index (χ0n) is 18.0. The van der Waals surface area contributed by atoms with Gasteiger partial charge in [-0.05, 0) is 49.7 Å². The number of halogens is 4. The minimum atomic E-state index is -4.82. The van der Waals surface area contributed by atoms with Crippen molar-refractivity contribution in [1.82, 2.24) is 5.32 Å². The Kier molecular flexibility index (Phi) is 7.76. The van der Waals surface area contributed by atoms with Crippen LogP contribution in [0.15, 0.2) is 47.4 Å². The van der Waals surface area contributed by atoms with Gasteiger partial charge < -0.3 is 5.32 Å². The fourth-order valence-corrected chi connectivity index (χ4v) is 5.12. The molecule has 0 unspecified atom stereocenters. The van der Waals surface area contributed by atoms with Gasteiger partial charge in [-0.25, -0.2) is 16.8 Å². The van der Waals surface area contributed by atoms with E-state index in [0.717, 1.165) is 24.6 Å². The molecular weight excluding hydrogens is 505 g/mol. The van der Waals surface area contributed by atoms with Gasteiger partial charge in [-0.3, -0.25) is 9.10 Å². The number of sulfonamides is 1. The van der Waals surface area contributed by atoms with E-state index in [1.807, 2.05) is 0 Å². The minimum absolute atomic E-state index is 0.0876. The highest BCUT2D eigenvalue weighted by Gasteiger charge is 2.36. The molecule has 0 aliphatic rings. The molecule has 0 heterocycles. The molecule has 0 spiro atoms. The minimum Gasteiger partial charge on any atom is -0.348 e. The average molecular weight is 527 g/mol. The summed E-state index contributed by atoms with van der Waals surface area (Å²) < 4.78 is 88.2. The maximum absolute atomic E-state index is 13.2. The quantitative estimate of drug-likeness (QED) is 0.591. The van der Waals surface area contributed by atoms with Crippen LogP contribution in [0.3, 0.4) is 0 Å². The zero-order valence-corrected chi connectivity index (χ0v) is 20.4. The smallest absolute Gasteiger partial charge is 0.348 e. The van der Waals surface area contributed by atoms with Gasteiger partial charge in [-0.1, -0.05) is 23.7 Å². The molecule has 2 aromatic rings. The molecule has 0 aromatic heterocycles. The van der Waals surface area contributed by atoms with Crippen LogP contribution in [-0.2, 0) is 30.8 Å². The second-order valence-electron chi connectivity index (χ2n) is 7.47. The van der Waals surface area contributed by atoms with E-state index in [9.17, 15) is 34.8 Å². The van der Waals surface area contributed by atoms with Gasteiger partial charge in [0.05, 0.1) is 33.5 Å². The predicted octanol–water partition coefficient (Wildman–Crippen LogP) is 3.79. The number of rotatable bonds is 7. The molecule has 0 saturated heterocycles. The van der Waals surface area contributed by atoms with E-state index in [1.54, 1.807) is 6.92 Å². The lowest BCUT2D eigenvalue weighted by Gasteiger charge is -2.30. The van der Waals surface area contributed by atoms with Crippen LogP contribution >= 0.6 is 11.6 Å². The van der Waals surface area contributed by atoms with Gasteiger partial charge in [0, 0.05) is 6.26 Å². The standard InChI is InChI=1S/C20H22ClF3N2O5S2/c1-12(14-5-8-16(9-6-14)32(3,28)29)25-19(27)13(2)26(33(4,30)31)15-7-10-18(21)17(11-15)20(22,23)24/h5-13H,1-4H3,(H,25,27)/t12-,13-/m0/s1. The number of carbonyl (C=O) groups is 1. The van der Waals surface area contributed by atoms with Crippen LogP contribution in [0.2, 0.25) is 5.02 Å². The van der Waals surface area contributed by atoms with E-state index < -0.39 is 54.6 Å². The Balaban J connectivity index is 2.33. The van der Waals surface area contributed by atoms with E-state index in [2.05, 4.69) is 5.32 Å². The van der Waals surface area contributed by atoms with Crippen LogP contribution in [-0.4, -0.2) is 41.3 Å². The van der Waals surface area contributed by atoms with Crippen molar-refractivity contribution in [3.63, 3.8) is 0 Å². The number of carbonyl (C=O) groups excluding carboxylic acids is 1. The van der Waals surface area contributed by atoms with Gasteiger partial charge in [0.2, 0.25) is 15.9 Å². The molecule has 33 heavy (non-hydrogen) atoms. The summed E-state index contributed by atoms with van der Waals surface area (Å²) >= 11 is 5.61. The number of nitrogens with zero attached hydrogens (tertiary/aromatic N) is 1. The molecule has 2 aromatic carbocycles. The first-order chi connectivity index (χ1) is 14.9. The molecule has 2 rings (SSSR count). The molecule has 0 fully saturated rings. The summed E-state index contributed by atoms with van der Waals surface area (Å²) in [4.78, 5) is 12.9. The number of anilines is 1. The molecule has 0 radical (unpaired) electrons. The largest absolute Gasteiger partial charge is 0.417 e. The fraction of sp³-hybridized carbons (Fsp3) is 0.350. The highest BCUT2D eigenvalue weighted by molar-refractivity contribution is 7.92. The van der Waals surface area contributed by atoms with E-state index in [1.165, 1.54) is 31.2 Å². The molecule has 0 saturated carbocycles. The lowest BCUT2D eigenvalue weighted by atomic mass is 10.1. The van der Waals surface area contributed by atoms with Crippen LogP contribution in [0.5, 0.6) is 0 Å². The molecule has 1 N–H and O–H groups in total. The SMILES string of the molecule is C[C@H](NC(=O)[C@H](C)N(c1ccc(Cl)c(C(F)(F)F)c1)S(C)(=O)=O)c1ccc(S(C)(=O)=O)cc1. The predicted molar refractivity (Wildman–Crippen MR) is 119 cm³/mol. The maximum atomic E-state index is 13.2. The maximum Gasteiger partial charge on any atom is 0.417 e. The van der Waals surface area contributed by atoms with Crippen molar-refractivity contribution < 1.29 is 34.8 Å². The molecule has 1 amide bonds. The first-order valence-corrected chi connectivity index (χ1v) is 13.5. The first kappa shape index (κ1) is 26.9. The highest BCUT2D eigenvalue weighted by Crippen LogP contribution is 2.37. The summed E-state index contributed by atoms with van der Waals surface area (Å²) in [5, 5.41) is 1.98. The van der Waals surface area contributed by atoms with Gasteiger partial charge >= 0.3 is 6.18 Å². The second-order valence-corrected chi connectivity index (χ2v) is 11.8. The molecule has 7 nitrogen and oxygen atoms in total. The number of alkyl halides is 3. The van der Waals surface area contributed by atoms with Crippen molar-refractivity contribution >= 4 is 43.1 Å². The van der Waals surface area contributed by atoms with Crippen LogP contribution in [0.25, 0.3) is 0 Å². The number of amides is 1. The summed E-state index contributed by atoms with van der Waals surface area (Å²) in [5.74, 6) is -0.774. The summed E-state index contributed by atoms with van der Waals surface area (Å²) in [6, 6.07) is 6.23. The molecule has 182 valence electrons. The number of sulfone groups is 1. The summed E-state index contributed by atoms with van der Waals surface area (Å²) in [6.45, 7) is 2.83. The first-order valence-electron chi connectivity index (χ1n) is 9.39. The number of nitrogens with one attached hydrogen (secondary N) is 1. The highest BCUT2D eigenvalue weighted by atomic mass is 35.5. The summed E-state index contributed by atoms with van der Waals surface area (Å²) in [5.41, 5.74) is -1.07. The Bertz CT molecular complexity index is 1250. The van der Waals surface area contributed by atoms with Gasteiger partial charge in [-0.2, -0.15) is 13.2 Å². The Morgan fingerprint density at radius 2 is 1.55 bits per heavy atom. The van der Waals surface area contributed by atoms with E-state index in [0.29, 0.717) is 15.9 Å². The number of hydrogen-bond acceptors (Lipinski definition) is 5. The Hall–Kier alpha value is -2.31. The lowest BCUT2D eigenvalue weighted by molar-refractivity contribution is -0.137. The molecule has 13 heteroatoms. The van der Waals surface area contributed by atoms with Crippen molar-refractivity contribution in [2.24, 2.45) is 0 Å². The number of hydrogen-bond donors (Lipinski definition) is 1. The molecular formula is C20H22ClF3N2O5S2. The molecule has 0 aliphatic carbocycles. The van der Waals surface area contributed by atoms with Crippen LogP contribution in [0, 0.1) is 0 Å². The Morgan fingerprint density at radius 1 is 1.00 bits per heavy atom. The van der Waals surface area contributed by atoms with E-state index in [4.69, 9.17) is 11.6 Å². The number of benzene rings is 2. The third-order valence-corrected chi connectivity index (χ3v) is 7.47. The van der Waals surface area contributed by atoms with Gasteiger partial charge in [0.25, 0.3) is 0 Å². The molecule has 2 atom stereocenters. The lowest BCUT2D eigenvalue weighted by Crippen LogP contribution is -2.48. The summed E-state index contributed by atoms with van der Waals surface area (Å²) in [6.07, 6.45) is -3.00. The third kappa shape index (κ3) is 6.61. The van der Waals surface area contributed by atoms with Gasteiger partial charge in [0.1, 0.15) is 6.04 Å². The normalized spacial score (nSPS) is 14.4. The van der Waals surface area contributed by atoms with Crippen molar-refractivity contribution in [2.45, 2.75) is 37.0 Å². The van der Waals surface area contributed by atoms with Crippen LogP contribution in [0.4, 0.5) is 18.9 Å². The van der Waals surface area contributed by atoms with Crippen LogP contribution in [0.1, 0.15) is 31.0 Å². The van der Waals surface area contributed by atoms with Crippen molar-refractivity contribution in [3.05, 3.63) is 58.6 Å². The monoisotopic (exact) mass is 526 g/mol. The van der Waals surface area contributed by atoms with Crippen molar-refractivity contribution in [3.8, 4) is 0 Å². The van der Waals surface area contributed by atoms with E-state index >= 15 is 0 Å². The van der Waals surface area contributed by atoms with Crippen molar-refractivity contribution in [2.75, 3.05) is 16.8 Å². The fourth-order valence-electron chi connectivity index (χ4n) is 3.10. The van der Waals surface area contributed by atoms with Gasteiger partial charge in [-0.15, -0.1) is 0 Å². The molecule has 0 aliphatic heterocycles. The Morgan fingerprint density at radius 3 is 2.00 bits per heavy atom. The van der Waals surface area contributed by atoms with Crippen molar-refractivity contribution in [1.29, 1.82) is 0 Å². The molecule has 0 bridgehead atoms. The second kappa shape index (κ2) is 9.51. The topological polar surface area (TPSA) is 101 Å². The van der Waals surface area contributed by atoms with Gasteiger partial charge in [0.15, 0.2) is 9.84 Å². The third-order valence-electron chi connectivity index (χ3n) is 4.77.